The van der Waals surface area contributed by atoms with Crippen LogP contribution in [-0.4, -0.2) is 41.6 Å². The maximum absolute atomic E-state index is 12.3. The molecule has 2 aromatic heterocycles. The van der Waals surface area contributed by atoms with E-state index in [9.17, 15) is 14.7 Å². The van der Waals surface area contributed by atoms with Crippen molar-refractivity contribution in [1.82, 2.24) is 18.7 Å². The number of nitrogens with zero attached hydrogens (tertiary/aromatic N) is 4. The first-order valence-corrected chi connectivity index (χ1v) is 6.37. The van der Waals surface area contributed by atoms with E-state index < -0.39 is 11.8 Å². The predicted octanol–water partition coefficient (Wildman–Crippen LogP) is -1.43. The summed E-state index contributed by atoms with van der Waals surface area (Å²) in [5, 5.41) is 18.0. The zero-order valence-electron chi connectivity index (χ0n) is 11.5. The molecule has 2 N–H and O–H groups in total. The van der Waals surface area contributed by atoms with E-state index in [2.05, 4.69) is 4.98 Å². The van der Waals surface area contributed by atoms with Crippen LogP contribution >= 0.6 is 0 Å². The molecule has 20 heavy (non-hydrogen) atoms. The molecule has 2 heterocycles. The van der Waals surface area contributed by atoms with Crippen LogP contribution in [0.25, 0.3) is 11.2 Å². The SMILES string of the molecule is Cn1cnc2c1c(=O)n(CCCC(O)CO)c(=O)n2C. The van der Waals surface area contributed by atoms with Gasteiger partial charge in [0.05, 0.1) is 19.0 Å². The molecule has 8 nitrogen and oxygen atoms in total. The largest absolute Gasteiger partial charge is 0.394 e. The molecule has 0 aliphatic heterocycles. The zero-order valence-corrected chi connectivity index (χ0v) is 11.5. The smallest absolute Gasteiger partial charge is 0.332 e. The number of fused-ring (bicyclic) bond motifs is 1. The lowest BCUT2D eigenvalue weighted by Crippen LogP contribution is -2.39. The van der Waals surface area contributed by atoms with Crippen molar-refractivity contribution in [2.75, 3.05) is 6.61 Å². The van der Waals surface area contributed by atoms with Crippen molar-refractivity contribution in [1.29, 1.82) is 0 Å². The molecule has 110 valence electrons. The molecule has 0 amide bonds. The van der Waals surface area contributed by atoms with Gasteiger partial charge in [-0.15, -0.1) is 0 Å². The summed E-state index contributed by atoms with van der Waals surface area (Å²) >= 11 is 0. The van der Waals surface area contributed by atoms with Crippen molar-refractivity contribution < 1.29 is 10.2 Å². The van der Waals surface area contributed by atoms with Gasteiger partial charge in [-0.2, -0.15) is 0 Å². The number of aliphatic hydroxyl groups excluding tert-OH is 2. The lowest BCUT2D eigenvalue weighted by Gasteiger charge is -2.10. The van der Waals surface area contributed by atoms with Crippen molar-refractivity contribution in [3.05, 3.63) is 27.2 Å². The molecule has 2 rings (SSSR count). The highest BCUT2D eigenvalue weighted by atomic mass is 16.3. The van der Waals surface area contributed by atoms with E-state index in [4.69, 9.17) is 5.11 Å². The van der Waals surface area contributed by atoms with Crippen LogP contribution in [-0.2, 0) is 20.6 Å². The van der Waals surface area contributed by atoms with E-state index in [-0.39, 0.29) is 18.7 Å². The molecule has 0 fully saturated rings. The fraction of sp³-hybridized carbons (Fsp3) is 0.583. The maximum Gasteiger partial charge on any atom is 0.332 e. The van der Waals surface area contributed by atoms with Gasteiger partial charge in [0.25, 0.3) is 5.56 Å². The van der Waals surface area contributed by atoms with Crippen LogP contribution in [0, 0.1) is 0 Å². The Kier molecular flexibility index (Phi) is 4.05. The Morgan fingerprint density at radius 3 is 2.70 bits per heavy atom. The molecule has 0 bridgehead atoms. The van der Waals surface area contributed by atoms with Crippen molar-refractivity contribution in [3.8, 4) is 0 Å². The van der Waals surface area contributed by atoms with Gasteiger partial charge in [0, 0.05) is 20.6 Å². The first-order chi connectivity index (χ1) is 9.47. The second-order valence-corrected chi connectivity index (χ2v) is 4.80. The Balaban J connectivity index is 2.41. The van der Waals surface area contributed by atoms with Gasteiger partial charge in [-0.05, 0) is 12.8 Å². The number of hydrogen-bond donors (Lipinski definition) is 2. The van der Waals surface area contributed by atoms with Gasteiger partial charge in [-0.3, -0.25) is 13.9 Å². The minimum atomic E-state index is -0.824. The molecule has 0 aliphatic carbocycles. The van der Waals surface area contributed by atoms with E-state index in [1.165, 1.54) is 10.9 Å². The molecule has 1 unspecified atom stereocenters. The van der Waals surface area contributed by atoms with Gasteiger partial charge in [0.15, 0.2) is 11.2 Å². The lowest BCUT2D eigenvalue weighted by atomic mass is 10.2. The molecule has 0 aromatic carbocycles. The van der Waals surface area contributed by atoms with Crippen molar-refractivity contribution in [3.63, 3.8) is 0 Å². The summed E-state index contributed by atoms with van der Waals surface area (Å²) in [4.78, 5) is 28.5. The summed E-state index contributed by atoms with van der Waals surface area (Å²) < 4.78 is 4.05. The highest BCUT2D eigenvalue weighted by Crippen LogP contribution is 2.04. The summed E-state index contributed by atoms with van der Waals surface area (Å²) in [6.07, 6.45) is 1.43. The van der Waals surface area contributed by atoms with Crippen LogP contribution < -0.4 is 11.2 Å². The van der Waals surface area contributed by atoms with Gasteiger partial charge in [-0.1, -0.05) is 0 Å². The highest BCUT2D eigenvalue weighted by Gasteiger charge is 2.14. The molecule has 0 spiro atoms. The second kappa shape index (κ2) is 5.59. The number of aromatic nitrogens is 4. The standard InChI is InChI=1S/C12H18N4O4/c1-14-7-13-10-9(14)11(19)16(12(20)15(10)2)5-3-4-8(18)6-17/h7-8,17-18H,3-6H2,1-2H3. The lowest BCUT2D eigenvalue weighted by molar-refractivity contribution is 0.0854. The van der Waals surface area contributed by atoms with Gasteiger partial charge in [-0.25, -0.2) is 9.78 Å². The quantitative estimate of drug-likeness (QED) is 0.700. The van der Waals surface area contributed by atoms with Crippen LogP contribution in [0.5, 0.6) is 0 Å². The summed E-state index contributed by atoms with van der Waals surface area (Å²) in [5.41, 5.74) is -0.0924. The Hall–Kier alpha value is -1.93. The summed E-state index contributed by atoms with van der Waals surface area (Å²) in [6, 6.07) is 0. The van der Waals surface area contributed by atoms with Crippen LogP contribution in [0.2, 0.25) is 0 Å². The minimum Gasteiger partial charge on any atom is -0.394 e. The summed E-state index contributed by atoms with van der Waals surface area (Å²) in [7, 11) is 3.26. The minimum absolute atomic E-state index is 0.198. The monoisotopic (exact) mass is 282 g/mol. The summed E-state index contributed by atoms with van der Waals surface area (Å²) in [5.74, 6) is 0. The van der Waals surface area contributed by atoms with Gasteiger partial charge in [0.2, 0.25) is 0 Å². The Morgan fingerprint density at radius 1 is 1.35 bits per heavy atom. The Morgan fingerprint density at radius 2 is 2.05 bits per heavy atom. The normalized spacial score (nSPS) is 13.0. The first-order valence-electron chi connectivity index (χ1n) is 6.37. The first kappa shape index (κ1) is 14.5. The number of rotatable bonds is 5. The zero-order chi connectivity index (χ0) is 14.9. The molecule has 2 aromatic rings. The molecule has 0 saturated heterocycles. The average molecular weight is 282 g/mol. The Labute approximate surface area is 114 Å². The van der Waals surface area contributed by atoms with Crippen LogP contribution in [0.1, 0.15) is 12.8 Å². The van der Waals surface area contributed by atoms with Crippen LogP contribution in [0.3, 0.4) is 0 Å². The number of imidazole rings is 1. The van der Waals surface area contributed by atoms with E-state index >= 15 is 0 Å². The molecular weight excluding hydrogens is 264 g/mol. The van der Waals surface area contributed by atoms with E-state index in [0.29, 0.717) is 24.0 Å². The van der Waals surface area contributed by atoms with Crippen molar-refractivity contribution in [2.45, 2.75) is 25.5 Å². The molecule has 0 aliphatic rings. The fourth-order valence-electron chi connectivity index (χ4n) is 2.17. The molecule has 1 atom stereocenters. The Bertz CT molecular complexity index is 727. The highest BCUT2D eigenvalue weighted by molar-refractivity contribution is 5.69. The van der Waals surface area contributed by atoms with E-state index in [1.54, 1.807) is 18.7 Å². The van der Waals surface area contributed by atoms with Gasteiger partial charge < -0.3 is 14.8 Å². The fourth-order valence-corrected chi connectivity index (χ4v) is 2.17. The third kappa shape index (κ3) is 2.39. The topological polar surface area (TPSA) is 102 Å². The third-order valence-corrected chi connectivity index (χ3v) is 3.33. The van der Waals surface area contributed by atoms with Crippen LogP contribution in [0.15, 0.2) is 15.9 Å². The molecule has 0 saturated carbocycles. The van der Waals surface area contributed by atoms with Gasteiger partial charge in [0.1, 0.15) is 0 Å². The van der Waals surface area contributed by atoms with E-state index in [1.807, 2.05) is 0 Å². The number of hydrogen-bond acceptors (Lipinski definition) is 5. The van der Waals surface area contributed by atoms with E-state index in [0.717, 1.165) is 4.57 Å². The third-order valence-electron chi connectivity index (χ3n) is 3.33. The number of aliphatic hydroxyl groups is 2. The van der Waals surface area contributed by atoms with Crippen molar-refractivity contribution >= 4 is 11.2 Å². The molecule has 8 heteroatoms. The summed E-state index contributed by atoms with van der Waals surface area (Å²) in [6.45, 7) is -0.128. The van der Waals surface area contributed by atoms with Crippen molar-refractivity contribution in [2.24, 2.45) is 14.1 Å². The molecular formula is C12H18N4O4. The van der Waals surface area contributed by atoms with Gasteiger partial charge >= 0.3 is 5.69 Å². The maximum atomic E-state index is 12.3. The predicted molar refractivity (Wildman–Crippen MR) is 72.5 cm³/mol. The molecule has 0 radical (unpaired) electrons. The number of aryl methyl sites for hydroxylation is 2. The second-order valence-electron chi connectivity index (χ2n) is 4.80. The average Bonchev–Trinajstić information content (AvgIpc) is 2.82. The van der Waals surface area contributed by atoms with Crippen LogP contribution in [0.4, 0.5) is 0 Å².